The second-order valence-corrected chi connectivity index (χ2v) is 12.1. The van der Waals surface area contributed by atoms with Crippen LogP contribution in [-0.2, 0) is 14.8 Å². The van der Waals surface area contributed by atoms with E-state index in [0.717, 1.165) is 49.6 Å². The average molecular weight is 588 g/mol. The molecule has 10 nitrogen and oxygen atoms in total. The van der Waals surface area contributed by atoms with E-state index < -0.39 is 21.7 Å². The fourth-order valence-electron chi connectivity index (χ4n) is 4.80. The molecule has 0 spiro atoms. The Hall–Kier alpha value is -3.57. The van der Waals surface area contributed by atoms with Crippen molar-refractivity contribution in [3.63, 3.8) is 0 Å². The molecule has 0 radical (unpaired) electrons. The summed E-state index contributed by atoms with van der Waals surface area (Å²) in [6.45, 7) is 2.50. The Kier molecular flexibility index (Phi) is 9.70. The van der Waals surface area contributed by atoms with Gasteiger partial charge in [-0.25, -0.2) is 8.42 Å². The number of hydrogen-bond donors (Lipinski definition) is 3. The van der Waals surface area contributed by atoms with Crippen LogP contribution in [0.1, 0.15) is 43.2 Å². The number of hydrogen-bond acceptors (Lipinski definition) is 7. The molecule has 1 saturated heterocycles. The van der Waals surface area contributed by atoms with Gasteiger partial charge in [-0.2, -0.15) is 0 Å². The van der Waals surface area contributed by atoms with Crippen molar-refractivity contribution >= 4 is 51.0 Å². The Bertz CT molecular complexity index is 1400. The Labute approximate surface area is 239 Å². The highest BCUT2D eigenvalue weighted by Gasteiger charge is 2.27. The van der Waals surface area contributed by atoms with Gasteiger partial charge < -0.3 is 20.5 Å². The molecule has 2 aliphatic heterocycles. The van der Waals surface area contributed by atoms with Crippen molar-refractivity contribution in [3.8, 4) is 5.75 Å². The van der Waals surface area contributed by atoms with E-state index in [-0.39, 0.29) is 29.2 Å². The number of nitrogen functional groups attached to an aromatic ring is 1. The smallest absolute Gasteiger partial charge is 0.320 e. The molecule has 2 aromatic carbocycles. The molecule has 0 atom stereocenters. The largest absolute Gasteiger partial charge is 0.489 e. The lowest BCUT2D eigenvalue weighted by Gasteiger charge is -2.35. The summed E-state index contributed by atoms with van der Waals surface area (Å²) in [5.74, 6) is -0.969. The van der Waals surface area contributed by atoms with Crippen LogP contribution >= 0.6 is 11.6 Å². The number of nitrogens with one attached hydrogen (secondary N) is 1. The lowest BCUT2D eigenvalue weighted by molar-refractivity contribution is -0.134. The van der Waals surface area contributed by atoms with Crippen LogP contribution in [0.4, 0.5) is 5.69 Å². The van der Waals surface area contributed by atoms with Gasteiger partial charge in [0.1, 0.15) is 17.7 Å². The number of carbonyl (C=O) groups is 1. The quantitative estimate of drug-likeness (QED) is 0.281. The third-order valence-electron chi connectivity index (χ3n) is 6.83. The summed E-state index contributed by atoms with van der Waals surface area (Å²) >= 11 is 6.53. The first kappa shape index (κ1) is 29.4. The number of benzene rings is 2. The number of anilines is 1. The number of ether oxygens (including phenoxy) is 1. The Morgan fingerprint density at radius 2 is 2.00 bits per heavy atom. The van der Waals surface area contributed by atoms with Gasteiger partial charge >= 0.3 is 5.97 Å². The van der Waals surface area contributed by atoms with Gasteiger partial charge in [0.25, 0.3) is 0 Å². The SMILES string of the molecule is N=C(N)c1cccc(C=CCN(c2ccc(OC3CCN(C4=NCCCC4)CC3)c(Cl)c2)S(=O)(=O)CC(=O)O)c1. The standard InChI is InChI=1S/C28H34ClN5O5S/c29-24-18-22(9-10-25(24)39-23-11-15-33(16-12-23)26-8-1-2-13-32-26)34(40(37,38)19-27(35)36)14-4-6-20-5-3-7-21(17-20)28(30)31/h3-7,9-10,17-18,23H,1-2,8,11-16,19H2,(H3,30,31)(H,35,36). The highest BCUT2D eigenvalue weighted by atomic mass is 35.5. The molecular formula is C28H34ClN5O5S. The second kappa shape index (κ2) is 13.2. The number of sulfonamides is 1. The van der Waals surface area contributed by atoms with Gasteiger partial charge in [0, 0.05) is 44.5 Å². The fraction of sp³-hybridized carbons (Fsp3) is 0.393. The minimum Gasteiger partial charge on any atom is -0.489 e. The molecule has 1 fully saturated rings. The summed E-state index contributed by atoms with van der Waals surface area (Å²) in [5, 5.41) is 17.0. The zero-order valence-electron chi connectivity index (χ0n) is 22.1. The number of nitrogens with zero attached hydrogens (tertiary/aromatic N) is 3. The second-order valence-electron chi connectivity index (χ2n) is 9.80. The maximum absolute atomic E-state index is 13.0. The van der Waals surface area contributed by atoms with Crippen LogP contribution < -0.4 is 14.8 Å². The number of halogens is 1. The summed E-state index contributed by atoms with van der Waals surface area (Å²) in [6.07, 6.45) is 8.26. The van der Waals surface area contributed by atoms with E-state index in [9.17, 15) is 18.3 Å². The van der Waals surface area contributed by atoms with Crippen molar-refractivity contribution in [1.29, 1.82) is 5.41 Å². The lowest BCUT2D eigenvalue weighted by atomic mass is 10.1. The Morgan fingerprint density at radius 3 is 2.65 bits per heavy atom. The maximum Gasteiger partial charge on any atom is 0.320 e. The fourth-order valence-corrected chi connectivity index (χ4v) is 6.24. The Morgan fingerprint density at radius 1 is 1.23 bits per heavy atom. The van der Waals surface area contributed by atoms with Gasteiger partial charge in [-0.05, 0) is 42.7 Å². The molecule has 0 amide bonds. The van der Waals surface area contributed by atoms with E-state index in [1.807, 2.05) is 0 Å². The van der Waals surface area contributed by atoms with E-state index in [1.54, 1.807) is 48.6 Å². The van der Waals surface area contributed by atoms with Crippen LogP contribution in [0.2, 0.25) is 5.02 Å². The average Bonchev–Trinajstić information content (AvgIpc) is 2.92. The predicted octanol–water partition coefficient (Wildman–Crippen LogP) is 3.98. The summed E-state index contributed by atoms with van der Waals surface area (Å²) in [6, 6.07) is 11.6. The number of likely N-dealkylation sites (tertiary alicyclic amines) is 1. The van der Waals surface area contributed by atoms with Gasteiger partial charge in [0.05, 0.1) is 23.1 Å². The van der Waals surface area contributed by atoms with Crippen LogP contribution in [0.15, 0.2) is 53.5 Å². The van der Waals surface area contributed by atoms with Crippen LogP contribution in [-0.4, -0.2) is 74.1 Å². The molecule has 0 bridgehead atoms. The van der Waals surface area contributed by atoms with E-state index >= 15 is 0 Å². The predicted molar refractivity (Wildman–Crippen MR) is 158 cm³/mol. The zero-order valence-corrected chi connectivity index (χ0v) is 23.7. The van der Waals surface area contributed by atoms with E-state index in [1.165, 1.54) is 18.3 Å². The number of carboxylic acid groups (broad SMARTS) is 1. The summed E-state index contributed by atoms with van der Waals surface area (Å²) in [4.78, 5) is 18.3. The van der Waals surface area contributed by atoms with Crippen molar-refractivity contribution in [3.05, 3.63) is 64.7 Å². The number of nitrogens with two attached hydrogens (primary N) is 1. The molecule has 4 N–H and O–H groups in total. The van der Waals surface area contributed by atoms with Crippen molar-refractivity contribution in [2.45, 2.75) is 38.2 Å². The van der Waals surface area contributed by atoms with Crippen LogP contribution in [0.25, 0.3) is 6.08 Å². The van der Waals surface area contributed by atoms with Crippen molar-refractivity contribution < 1.29 is 23.1 Å². The van der Waals surface area contributed by atoms with Crippen LogP contribution in [0, 0.1) is 5.41 Å². The van der Waals surface area contributed by atoms with E-state index in [2.05, 4.69) is 9.89 Å². The molecule has 0 unspecified atom stereocenters. The number of carboxylic acids is 1. The molecule has 0 saturated carbocycles. The number of aliphatic carboxylic acids is 1. The minimum absolute atomic E-state index is 0.0238. The maximum atomic E-state index is 13.0. The molecule has 2 heterocycles. The first-order valence-electron chi connectivity index (χ1n) is 13.2. The molecule has 2 aromatic rings. The van der Waals surface area contributed by atoms with Gasteiger partial charge in [-0.3, -0.25) is 19.5 Å². The van der Waals surface area contributed by atoms with Crippen LogP contribution in [0.5, 0.6) is 5.75 Å². The summed E-state index contributed by atoms with van der Waals surface area (Å²) in [5.41, 5.74) is 7.03. The zero-order chi connectivity index (χ0) is 28.7. The molecular weight excluding hydrogens is 554 g/mol. The number of aliphatic imine (C=N–C) groups is 1. The molecule has 0 aromatic heterocycles. The van der Waals surface area contributed by atoms with Crippen LogP contribution in [0.3, 0.4) is 0 Å². The van der Waals surface area contributed by atoms with E-state index in [0.29, 0.717) is 16.9 Å². The van der Waals surface area contributed by atoms with E-state index in [4.69, 9.17) is 27.5 Å². The number of piperidine rings is 1. The van der Waals surface area contributed by atoms with Crippen molar-refractivity contribution in [2.75, 3.05) is 36.2 Å². The summed E-state index contributed by atoms with van der Waals surface area (Å²) in [7, 11) is -4.21. The minimum atomic E-state index is -4.21. The normalized spacial score (nSPS) is 16.5. The highest BCUT2D eigenvalue weighted by molar-refractivity contribution is 7.93. The van der Waals surface area contributed by atoms with Gasteiger partial charge in [-0.15, -0.1) is 0 Å². The van der Waals surface area contributed by atoms with Gasteiger partial charge in [-0.1, -0.05) is 42.0 Å². The van der Waals surface area contributed by atoms with Gasteiger partial charge in [0.2, 0.25) is 10.0 Å². The monoisotopic (exact) mass is 587 g/mol. The molecule has 214 valence electrons. The third-order valence-corrected chi connectivity index (χ3v) is 8.77. The Balaban J connectivity index is 1.46. The first-order chi connectivity index (χ1) is 19.1. The molecule has 40 heavy (non-hydrogen) atoms. The number of amidine groups is 2. The molecule has 2 aliphatic rings. The van der Waals surface area contributed by atoms with Gasteiger partial charge in [0.15, 0.2) is 5.75 Å². The molecule has 4 rings (SSSR count). The third kappa shape index (κ3) is 7.76. The first-order valence-corrected chi connectivity index (χ1v) is 15.2. The van der Waals surface area contributed by atoms with Crippen molar-refractivity contribution in [2.24, 2.45) is 10.7 Å². The number of rotatable bonds is 10. The highest BCUT2D eigenvalue weighted by Crippen LogP contribution is 2.33. The topological polar surface area (TPSA) is 149 Å². The lowest BCUT2D eigenvalue weighted by Crippen LogP contribution is -2.42. The molecule has 12 heteroatoms. The molecule has 0 aliphatic carbocycles. The van der Waals surface area contributed by atoms with Crippen molar-refractivity contribution in [1.82, 2.24) is 4.90 Å². The summed E-state index contributed by atoms with van der Waals surface area (Å²) < 4.78 is 33.1.